The third-order valence-corrected chi connectivity index (χ3v) is 4.95. The zero-order chi connectivity index (χ0) is 15.4. The van der Waals surface area contributed by atoms with Crippen molar-refractivity contribution in [2.45, 2.75) is 46.0 Å². The van der Waals surface area contributed by atoms with Crippen molar-refractivity contribution in [3.8, 4) is 0 Å². The second-order valence-corrected chi connectivity index (χ2v) is 6.69. The standard InChI is InChI=1S/C18H27F2N/c1-4-21-11-14-6-5-13(12(2)3)9-18(14)15-7-16(19)10-17(20)8-15/h7-8,10,12-14,18,21H,4-6,9,11H2,1-3H3. The van der Waals surface area contributed by atoms with E-state index < -0.39 is 11.6 Å². The van der Waals surface area contributed by atoms with E-state index in [2.05, 4.69) is 26.1 Å². The molecule has 1 fully saturated rings. The summed E-state index contributed by atoms with van der Waals surface area (Å²) in [6.45, 7) is 8.46. The van der Waals surface area contributed by atoms with Crippen LogP contribution in [0.3, 0.4) is 0 Å². The molecule has 1 nitrogen and oxygen atoms in total. The lowest BCUT2D eigenvalue weighted by Crippen LogP contribution is -2.33. The highest BCUT2D eigenvalue weighted by Gasteiger charge is 2.32. The van der Waals surface area contributed by atoms with Gasteiger partial charge in [0.15, 0.2) is 0 Å². The predicted molar refractivity (Wildman–Crippen MR) is 83.3 cm³/mol. The van der Waals surface area contributed by atoms with Crippen LogP contribution in [0.4, 0.5) is 8.78 Å². The Hall–Kier alpha value is -0.960. The molecule has 1 aromatic rings. The van der Waals surface area contributed by atoms with Gasteiger partial charge < -0.3 is 5.32 Å². The Kier molecular flexibility index (Phi) is 5.74. The fourth-order valence-electron chi connectivity index (χ4n) is 3.64. The van der Waals surface area contributed by atoms with E-state index in [1.807, 2.05) is 0 Å². The number of nitrogens with one attached hydrogen (secondary N) is 1. The highest BCUT2D eigenvalue weighted by molar-refractivity contribution is 5.23. The summed E-state index contributed by atoms with van der Waals surface area (Å²) in [6.07, 6.45) is 3.40. The number of hydrogen-bond acceptors (Lipinski definition) is 1. The molecule has 0 amide bonds. The number of rotatable bonds is 5. The molecule has 21 heavy (non-hydrogen) atoms. The molecule has 1 saturated carbocycles. The minimum Gasteiger partial charge on any atom is -0.317 e. The Morgan fingerprint density at radius 2 is 1.81 bits per heavy atom. The van der Waals surface area contributed by atoms with Crippen LogP contribution in [-0.2, 0) is 0 Å². The van der Waals surface area contributed by atoms with Crippen LogP contribution in [0.5, 0.6) is 0 Å². The molecule has 3 heteroatoms. The fraction of sp³-hybridized carbons (Fsp3) is 0.667. The average molecular weight is 295 g/mol. The van der Waals surface area contributed by atoms with E-state index in [0.717, 1.165) is 37.6 Å². The molecule has 1 aliphatic carbocycles. The SMILES string of the molecule is CCNCC1CCC(C(C)C)CC1c1cc(F)cc(F)c1. The van der Waals surface area contributed by atoms with Gasteiger partial charge in [0.1, 0.15) is 11.6 Å². The van der Waals surface area contributed by atoms with Gasteiger partial charge in [-0.2, -0.15) is 0 Å². The first-order chi connectivity index (χ1) is 10.0. The average Bonchev–Trinajstić information content (AvgIpc) is 2.43. The molecule has 3 atom stereocenters. The summed E-state index contributed by atoms with van der Waals surface area (Å²) in [5, 5.41) is 3.40. The van der Waals surface area contributed by atoms with Gasteiger partial charge in [0.25, 0.3) is 0 Å². The molecule has 0 bridgehead atoms. The second kappa shape index (κ2) is 7.35. The van der Waals surface area contributed by atoms with Gasteiger partial charge in [-0.25, -0.2) is 8.78 Å². The number of hydrogen-bond donors (Lipinski definition) is 1. The van der Waals surface area contributed by atoms with Crippen LogP contribution >= 0.6 is 0 Å². The molecule has 1 aromatic carbocycles. The van der Waals surface area contributed by atoms with Crippen LogP contribution in [-0.4, -0.2) is 13.1 Å². The zero-order valence-corrected chi connectivity index (χ0v) is 13.3. The van der Waals surface area contributed by atoms with E-state index in [-0.39, 0.29) is 5.92 Å². The lowest BCUT2D eigenvalue weighted by Gasteiger charge is -2.38. The van der Waals surface area contributed by atoms with Crippen molar-refractivity contribution in [2.24, 2.45) is 17.8 Å². The van der Waals surface area contributed by atoms with Crippen LogP contribution in [0.2, 0.25) is 0 Å². The lowest BCUT2D eigenvalue weighted by atomic mass is 9.68. The normalized spacial score (nSPS) is 26.3. The molecule has 118 valence electrons. The van der Waals surface area contributed by atoms with Crippen LogP contribution in [0, 0.1) is 29.4 Å². The van der Waals surface area contributed by atoms with E-state index in [1.165, 1.54) is 18.6 Å². The highest BCUT2D eigenvalue weighted by Crippen LogP contribution is 2.43. The van der Waals surface area contributed by atoms with Crippen molar-refractivity contribution < 1.29 is 8.78 Å². The number of halogens is 2. The first-order valence-electron chi connectivity index (χ1n) is 8.18. The molecule has 1 N–H and O–H groups in total. The van der Waals surface area contributed by atoms with Gasteiger partial charge in [-0.1, -0.05) is 20.8 Å². The zero-order valence-electron chi connectivity index (χ0n) is 13.3. The van der Waals surface area contributed by atoms with Crippen LogP contribution < -0.4 is 5.32 Å². The van der Waals surface area contributed by atoms with E-state index in [1.54, 1.807) is 0 Å². The largest absolute Gasteiger partial charge is 0.317 e. The van der Waals surface area contributed by atoms with Gasteiger partial charge in [0.05, 0.1) is 0 Å². The fourth-order valence-corrected chi connectivity index (χ4v) is 3.64. The Morgan fingerprint density at radius 3 is 2.38 bits per heavy atom. The second-order valence-electron chi connectivity index (χ2n) is 6.69. The van der Waals surface area contributed by atoms with Gasteiger partial charge >= 0.3 is 0 Å². The van der Waals surface area contributed by atoms with Crippen molar-refractivity contribution in [3.05, 3.63) is 35.4 Å². The van der Waals surface area contributed by atoms with Crippen molar-refractivity contribution in [1.29, 1.82) is 0 Å². The van der Waals surface area contributed by atoms with Gasteiger partial charge in [0.2, 0.25) is 0 Å². The van der Waals surface area contributed by atoms with E-state index in [4.69, 9.17) is 0 Å². The van der Waals surface area contributed by atoms with Crippen LogP contribution in [0.1, 0.15) is 51.5 Å². The molecule has 0 radical (unpaired) electrons. The lowest BCUT2D eigenvalue weighted by molar-refractivity contribution is 0.190. The summed E-state index contributed by atoms with van der Waals surface area (Å²) in [5.41, 5.74) is 0.834. The summed E-state index contributed by atoms with van der Waals surface area (Å²) >= 11 is 0. The highest BCUT2D eigenvalue weighted by atomic mass is 19.1. The molecular formula is C18H27F2N. The third kappa shape index (κ3) is 4.26. The quantitative estimate of drug-likeness (QED) is 0.828. The molecule has 0 aromatic heterocycles. The van der Waals surface area contributed by atoms with Crippen molar-refractivity contribution in [3.63, 3.8) is 0 Å². The van der Waals surface area contributed by atoms with Crippen molar-refractivity contribution in [1.82, 2.24) is 5.32 Å². The van der Waals surface area contributed by atoms with Crippen LogP contribution in [0.25, 0.3) is 0 Å². The Balaban J connectivity index is 2.22. The van der Waals surface area contributed by atoms with Gasteiger partial charge in [-0.15, -0.1) is 0 Å². The summed E-state index contributed by atoms with van der Waals surface area (Å²) in [6, 6.07) is 4.01. The van der Waals surface area contributed by atoms with E-state index in [9.17, 15) is 8.78 Å². The predicted octanol–water partition coefficient (Wildman–Crippen LogP) is 4.73. The first-order valence-corrected chi connectivity index (χ1v) is 8.18. The Labute approximate surface area is 127 Å². The summed E-state index contributed by atoms with van der Waals surface area (Å²) in [4.78, 5) is 0. The van der Waals surface area contributed by atoms with Crippen molar-refractivity contribution in [2.75, 3.05) is 13.1 Å². The molecule has 0 saturated heterocycles. The molecule has 0 spiro atoms. The summed E-state index contributed by atoms with van der Waals surface area (Å²) in [5.74, 6) is 1.10. The first kappa shape index (κ1) is 16.4. The number of benzene rings is 1. The topological polar surface area (TPSA) is 12.0 Å². The van der Waals surface area contributed by atoms with Crippen molar-refractivity contribution >= 4 is 0 Å². The summed E-state index contributed by atoms with van der Waals surface area (Å²) in [7, 11) is 0. The maximum atomic E-state index is 13.6. The molecule has 0 aliphatic heterocycles. The minimum atomic E-state index is -0.459. The molecule has 1 aliphatic rings. The van der Waals surface area contributed by atoms with Gasteiger partial charge in [0, 0.05) is 6.07 Å². The molecule has 3 unspecified atom stereocenters. The minimum absolute atomic E-state index is 0.260. The maximum absolute atomic E-state index is 13.6. The Morgan fingerprint density at radius 1 is 1.14 bits per heavy atom. The molecule has 2 rings (SSSR count). The molecular weight excluding hydrogens is 268 g/mol. The third-order valence-electron chi connectivity index (χ3n) is 4.95. The maximum Gasteiger partial charge on any atom is 0.126 e. The smallest absolute Gasteiger partial charge is 0.126 e. The van der Waals surface area contributed by atoms with E-state index >= 15 is 0 Å². The van der Waals surface area contributed by atoms with E-state index in [0.29, 0.717) is 17.8 Å². The Bertz CT molecular complexity index is 438. The monoisotopic (exact) mass is 295 g/mol. The molecule has 0 heterocycles. The van der Waals surface area contributed by atoms with Crippen LogP contribution in [0.15, 0.2) is 18.2 Å². The van der Waals surface area contributed by atoms with Gasteiger partial charge in [-0.3, -0.25) is 0 Å². The summed E-state index contributed by atoms with van der Waals surface area (Å²) < 4.78 is 27.1. The van der Waals surface area contributed by atoms with Gasteiger partial charge in [-0.05, 0) is 73.7 Å².